The van der Waals surface area contributed by atoms with Gasteiger partial charge in [-0.15, -0.1) is 0 Å². The molecular weight excluding hydrogens is 430 g/mol. The van der Waals surface area contributed by atoms with E-state index < -0.39 is 0 Å². The van der Waals surface area contributed by atoms with Crippen LogP contribution in [0.3, 0.4) is 0 Å². The van der Waals surface area contributed by atoms with Crippen molar-refractivity contribution in [3.63, 3.8) is 0 Å². The molecule has 7 heteroatoms. The number of hydrogen-bond acceptors (Lipinski definition) is 5. The second-order valence-electron chi connectivity index (χ2n) is 7.68. The molecule has 0 aliphatic heterocycles. The van der Waals surface area contributed by atoms with Gasteiger partial charge in [-0.3, -0.25) is 4.79 Å². The van der Waals surface area contributed by atoms with E-state index in [-0.39, 0.29) is 11.7 Å². The number of aromatic amines is 1. The summed E-state index contributed by atoms with van der Waals surface area (Å²) in [6, 6.07) is 21.3. The van der Waals surface area contributed by atoms with Crippen LogP contribution in [0.5, 0.6) is 11.5 Å². The van der Waals surface area contributed by atoms with Gasteiger partial charge in [-0.2, -0.15) is 0 Å². The maximum absolute atomic E-state index is 12.3. The number of furan rings is 1. The van der Waals surface area contributed by atoms with Crippen molar-refractivity contribution in [1.82, 2.24) is 15.3 Å². The number of H-pyrrole nitrogens is 1. The molecule has 3 aromatic heterocycles. The van der Waals surface area contributed by atoms with Crippen molar-refractivity contribution in [2.45, 2.75) is 0 Å². The molecule has 0 aliphatic carbocycles. The van der Waals surface area contributed by atoms with Crippen LogP contribution in [-0.4, -0.2) is 36.1 Å². The summed E-state index contributed by atoms with van der Waals surface area (Å²) in [6.07, 6.45) is 5.26. The molecule has 0 aliphatic rings. The number of ether oxygens (including phenoxy) is 2. The topological polar surface area (TPSA) is 89.4 Å². The summed E-state index contributed by atoms with van der Waals surface area (Å²) in [5.74, 6) is 1.46. The van der Waals surface area contributed by atoms with Gasteiger partial charge in [0, 0.05) is 53.7 Å². The number of fused-ring (bicyclic) bond motifs is 1. The number of methoxy groups -OCH3 is 1. The van der Waals surface area contributed by atoms with Gasteiger partial charge in [0.05, 0.1) is 12.9 Å². The van der Waals surface area contributed by atoms with Crippen molar-refractivity contribution in [1.29, 1.82) is 0 Å². The second-order valence-corrected chi connectivity index (χ2v) is 7.68. The molecule has 7 nitrogen and oxygen atoms in total. The molecule has 0 saturated heterocycles. The van der Waals surface area contributed by atoms with Crippen molar-refractivity contribution in [3.05, 3.63) is 91.1 Å². The molecule has 2 aromatic carbocycles. The average molecular weight is 453 g/mol. The number of para-hydroxylation sites is 2. The maximum atomic E-state index is 12.3. The second kappa shape index (κ2) is 9.64. The van der Waals surface area contributed by atoms with Crippen LogP contribution in [-0.2, 0) is 4.74 Å². The Morgan fingerprint density at radius 1 is 1.03 bits per heavy atom. The van der Waals surface area contributed by atoms with Crippen molar-refractivity contribution >= 4 is 16.9 Å². The lowest BCUT2D eigenvalue weighted by Gasteiger charge is -2.11. The van der Waals surface area contributed by atoms with Gasteiger partial charge in [-0.1, -0.05) is 36.4 Å². The molecule has 170 valence electrons. The zero-order valence-corrected chi connectivity index (χ0v) is 18.6. The Bertz CT molecular complexity index is 1420. The van der Waals surface area contributed by atoms with Crippen LogP contribution in [0.15, 0.2) is 89.8 Å². The monoisotopic (exact) mass is 453 g/mol. The van der Waals surface area contributed by atoms with Gasteiger partial charge in [0.15, 0.2) is 5.76 Å². The first-order valence-corrected chi connectivity index (χ1v) is 10.9. The van der Waals surface area contributed by atoms with Crippen LogP contribution in [0.4, 0.5) is 0 Å². The standard InChI is InChI=1S/C27H23N3O4/c1-32-12-11-28-27(31)25-14-19(17-33-25)23-16-30-26-22(23)13-18(15-29-26)21-9-5-6-10-24(21)34-20-7-3-2-4-8-20/h2-10,13-17H,11-12H2,1H3,(H,28,31)(H,29,30). The molecule has 5 aromatic rings. The minimum absolute atomic E-state index is 0.242. The van der Waals surface area contributed by atoms with Crippen LogP contribution < -0.4 is 10.1 Å². The summed E-state index contributed by atoms with van der Waals surface area (Å²) in [5.41, 5.74) is 4.27. The summed E-state index contributed by atoms with van der Waals surface area (Å²) in [7, 11) is 1.59. The van der Waals surface area contributed by atoms with E-state index in [0.29, 0.717) is 13.2 Å². The van der Waals surface area contributed by atoms with E-state index in [2.05, 4.69) is 21.4 Å². The highest BCUT2D eigenvalue weighted by molar-refractivity contribution is 5.98. The van der Waals surface area contributed by atoms with Gasteiger partial charge in [0.2, 0.25) is 0 Å². The van der Waals surface area contributed by atoms with E-state index in [1.807, 2.05) is 67.0 Å². The Balaban J connectivity index is 1.47. The first kappa shape index (κ1) is 21.5. The quantitative estimate of drug-likeness (QED) is 0.296. The SMILES string of the molecule is COCCNC(=O)c1cc(-c2c[nH]c3ncc(-c4ccccc4Oc4ccccc4)cc23)co1. The van der Waals surface area contributed by atoms with Crippen molar-refractivity contribution in [2.24, 2.45) is 0 Å². The fraction of sp³-hybridized carbons (Fsp3) is 0.111. The average Bonchev–Trinajstić information content (AvgIpc) is 3.52. The Hall–Kier alpha value is -4.36. The van der Waals surface area contributed by atoms with Gasteiger partial charge in [-0.05, 0) is 30.3 Å². The number of nitrogens with zero attached hydrogens (tertiary/aromatic N) is 1. The highest BCUT2D eigenvalue weighted by atomic mass is 16.5. The molecule has 1 amide bonds. The molecule has 0 radical (unpaired) electrons. The number of hydrogen-bond donors (Lipinski definition) is 2. The number of carbonyl (C=O) groups is 1. The summed E-state index contributed by atoms with van der Waals surface area (Å²) in [6.45, 7) is 0.849. The smallest absolute Gasteiger partial charge is 0.287 e. The molecule has 0 atom stereocenters. The fourth-order valence-corrected chi connectivity index (χ4v) is 3.75. The highest BCUT2D eigenvalue weighted by Crippen LogP contribution is 2.36. The number of nitrogens with one attached hydrogen (secondary N) is 2. The van der Waals surface area contributed by atoms with E-state index >= 15 is 0 Å². The van der Waals surface area contributed by atoms with Crippen molar-refractivity contribution < 1.29 is 18.7 Å². The number of aromatic nitrogens is 2. The van der Waals surface area contributed by atoms with Gasteiger partial charge in [-0.25, -0.2) is 4.98 Å². The molecule has 0 bridgehead atoms. The summed E-state index contributed by atoms with van der Waals surface area (Å²) >= 11 is 0. The Morgan fingerprint density at radius 3 is 2.71 bits per heavy atom. The minimum Gasteiger partial charge on any atom is -0.459 e. The van der Waals surface area contributed by atoms with E-state index in [1.165, 1.54) is 0 Å². The number of amides is 1. The van der Waals surface area contributed by atoms with E-state index in [0.717, 1.165) is 44.8 Å². The predicted octanol–water partition coefficient (Wildman–Crippen LogP) is 5.66. The Labute approximate surface area is 196 Å². The first-order chi connectivity index (χ1) is 16.7. The highest BCUT2D eigenvalue weighted by Gasteiger charge is 2.16. The number of pyridine rings is 1. The van der Waals surface area contributed by atoms with E-state index in [4.69, 9.17) is 13.9 Å². The molecule has 5 rings (SSSR count). The van der Waals surface area contributed by atoms with Crippen LogP contribution in [0.1, 0.15) is 10.6 Å². The molecule has 2 N–H and O–H groups in total. The molecule has 34 heavy (non-hydrogen) atoms. The summed E-state index contributed by atoms with van der Waals surface area (Å²) < 4.78 is 16.6. The third kappa shape index (κ3) is 4.42. The Kier molecular flexibility index (Phi) is 6.09. The largest absolute Gasteiger partial charge is 0.459 e. The van der Waals surface area contributed by atoms with Crippen LogP contribution in [0, 0.1) is 0 Å². The lowest BCUT2D eigenvalue weighted by Crippen LogP contribution is -2.26. The lowest BCUT2D eigenvalue weighted by atomic mass is 10.0. The molecule has 0 saturated carbocycles. The number of rotatable bonds is 8. The number of benzene rings is 2. The zero-order valence-electron chi connectivity index (χ0n) is 18.6. The van der Waals surface area contributed by atoms with E-state index in [1.54, 1.807) is 19.4 Å². The summed E-state index contributed by atoms with van der Waals surface area (Å²) in [5, 5.41) is 3.68. The van der Waals surface area contributed by atoms with Gasteiger partial charge in [0.25, 0.3) is 5.91 Å². The minimum atomic E-state index is -0.283. The zero-order chi connectivity index (χ0) is 23.3. The molecule has 0 spiro atoms. The van der Waals surface area contributed by atoms with Gasteiger partial charge in [0.1, 0.15) is 17.1 Å². The van der Waals surface area contributed by atoms with Crippen LogP contribution in [0.25, 0.3) is 33.3 Å². The number of carbonyl (C=O) groups excluding carboxylic acids is 1. The van der Waals surface area contributed by atoms with Crippen molar-refractivity contribution in [3.8, 4) is 33.8 Å². The predicted molar refractivity (Wildman–Crippen MR) is 130 cm³/mol. The third-order valence-corrected chi connectivity index (χ3v) is 5.43. The van der Waals surface area contributed by atoms with Crippen LogP contribution in [0.2, 0.25) is 0 Å². The normalized spacial score (nSPS) is 11.0. The van der Waals surface area contributed by atoms with Gasteiger partial charge < -0.3 is 24.2 Å². The first-order valence-electron chi connectivity index (χ1n) is 10.9. The molecule has 0 fully saturated rings. The van der Waals surface area contributed by atoms with Crippen LogP contribution >= 0.6 is 0 Å². The lowest BCUT2D eigenvalue weighted by molar-refractivity contribution is 0.0909. The summed E-state index contributed by atoms with van der Waals surface area (Å²) in [4.78, 5) is 20.1. The van der Waals surface area contributed by atoms with Crippen molar-refractivity contribution in [2.75, 3.05) is 20.3 Å². The molecular formula is C27H23N3O4. The molecule has 0 unspecified atom stereocenters. The third-order valence-electron chi connectivity index (χ3n) is 5.43. The van der Waals surface area contributed by atoms with E-state index in [9.17, 15) is 4.79 Å². The fourth-order valence-electron chi connectivity index (χ4n) is 3.75. The Morgan fingerprint density at radius 2 is 1.85 bits per heavy atom. The molecule has 3 heterocycles. The maximum Gasteiger partial charge on any atom is 0.287 e. The van der Waals surface area contributed by atoms with Gasteiger partial charge >= 0.3 is 0 Å².